The Morgan fingerprint density at radius 2 is 1.84 bits per heavy atom. The molecule has 5 heteroatoms. The standard InChI is InChI=1S/C14H21Cl2NO2/c1-10(2)19-14-12(15)7-11(8-13(14)16)9-17-5-4-6-18-3/h7-8,10,17H,4-6,9H2,1-3H3. The van der Waals surface area contributed by atoms with Crippen LogP contribution in [0.2, 0.25) is 10.0 Å². The molecule has 0 saturated carbocycles. The Labute approximate surface area is 125 Å². The fourth-order valence-corrected chi connectivity index (χ4v) is 2.26. The van der Waals surface area contributed by atoms with Crippen molar-refractivity contribution >= 4 is 23.2 Å². The average Bonchev–Trinajstić information content (AvgIpc) is 2.33. The molecule has 0 aliphatic carbocycles. The van der Waals surface area contributed by atoms with E-state index in [4.69, 9.17) is 32.7 Å². The fourth-order valence-electron chi connectivity index (χ4n) is 1.64. The molecule has 0 amide bonds. The normalized spacial score (nSPS) is 11.1. The van der Waals surface area contributed by atoms with Crippen molar-refractivity contribution in [2.45, 2.75) is 32.9 Å². The third-order valence-corrected chi connectivity index (χ3v) is 3.00. The van der Waals surface area contributed by atoms with Gasteiger partial charge in [0.15, 0.2) is 5.75 Å². The van der Waals surface area contributed by atoms with E-state index in [2.05, 4.69) is 5.32 Å². The predicted octanol–water partition coefficient (Wildman–Crippen LogP) is 3.91. The van der Waals surface area contributed by atoms with Crippen LogP contribution >= 0.6 is 23.2 Å². The van der Waals surface area contributed by atoms with Gasteiger partial charge in [-0.05, 0) is 44.5 Å². The van der Waals surface area contributed by atoms with Crippen LogP contribution in [0.5, 0.6) is 5.75 Å². The average molecular weight is 306 g/mol. The smallest absolute Gasteiger partial charge is 0.156 e. The molecule has 0 radical (unpaired) electrons. The van der Waals surface area contributed by atoms with E-state index >= 15 is 0 Å². The number of rotatable bonds is 8. The van der Waals surface area contributed by atoms with Crippen LogP contribution in [0.3, 0.4) is 0 Å². The predicted molar refractivity (Wildman–Crippen MR) is 80.4 cm³/mol. The molecule has 0 atom stereocenters. The second-order valence-electron chi connectivity index (χ2n) is 4.58. The number of hydrogen-bond donors (Lipinski definition) is 1. The number of halogens is 2. The monoisotopic (exact) mass is 305 g/mol. The molecule has 1 rings (SSSR count). The zero-order chi connectivity index (χ0) is 14.3. The molecule has 1 N–H and O–H groups in total. The zero-order valence-electron chi connectivity index (χ0n) is 11.6. The third-order valence-electron chi connectivity index (χ3n) is 2.44. The van der Waals surface area contributed by atoms with Crippen LogP contribution in [0.1, 0.15) is 25.8 Å². The molecule has 1 aromatic rings. The molecule has 0 spiro atoms. The number of nitrogens with one attached hydrogen (secondary N) is 1. The van der Waals surface area contributed by atoms with Crippen molar-refractivity contribution in [1.29, 1.82) is 0 Å². The molecule has 19 heavy (non-hydrogen) atoms. The van der Waals surface area contributed by atoms with E-state index < -0.39 is 0 Å². The number of hydrogen-bond acceptors (Lipinski definition) is 3. The summed E-state index contributed by atoms with van der Waals surface area (Å²) in [5, 5.41) is 4.41. The molecule has 108 valence electrons. The first-order valence-electron chi connectivity index (χ1n) is 6.38. The van der Waals surface area contributed by atoms with Gasteiger partial charge in [-0.25, -0.2) is 0 Å². The van der Waals surface area contributed by atoms with Crippen LogP contribution in [0.4, 0.5) is 0 Å². The van der Waals surface area contributed by atoms with Gasteiger partial charge in [-0.15, -0.1) is 0 Å². The highest BCUT2D eigenvalue weighted by molar-refractivity contribution is 6.37. The minimum atomic E-state index is 0.0491. The maximum Gasteiger partial charge on any atom is 0.156 e. The molecule has 0 aromatic heterocycles. The first-order chi connectivity index (χ1) is 9.04. The lowest BCUT2D eigenvalue weighted by atomic mass is 10.2. The molecular weight excluding hydrogens is 285 g/mol. The molecule has 0 fully saturated rings. The molecule has 3 nitrogen and oxygen atoms in total. The van der Waals surface area contributed by atoms with Gasteiger partial charge in [0.25, 0.3) is 0 Å². The molecule has 0 bridgehead atoms. The summed E-state index contributed by atoms with van der Waals surface area (Å²) in [4.78, 5) is 0. The van der Waals surface area contributed by atoms with Gasteiger partial charge in [0.1, 0.15) is 0 Å². The van der Waals surface area contributed by atoms with Crippen LogP contribution in [-0.2, 0) is 11.3 Å². The Morgan fingerprint density at radius 1 is 1.21 bits per heavy atom. The summed E-state index contributed by atoms with van der Waals surface area (Å²) in [5.41, 5.74) is 1.04. The minimum Gasteiger partial charge on any atom is -0.488 e. The molecule has 0 aliphatic heterocycles. The summed E-state index contributed by atoms with van der Waals surface area (Å²) >= 11 is 12.4. The molecule has 1 aromatic carbocycles. The van der Waals surface area contributed by atoms with E-state index in [1.54, 1.807) is 7.11 Å². The largest absolute Gasteiger partial charge is 0.488 e. The first-order valence-corrected chi connectivity index (χ1v) is 7.14. The highest BCUT2D eigenvalue weighted by atomic mass is 35.5. The van der Waals surface area contributed by atoms with Crippen molar-refractivity contribution in [2.24, 2.45) is 0 Å². The van der Waals surface area contributed by atoms with Gasteiger partial charge in [-0.2, -0.15) is 0 Å². The summed E-state index contributed by atoms with van der Waals surface area (Å²) in [5.74, 6) is 0.557. The van der Waals surface area contributed by atoms with Gasteiger partial charge in [-0.1, -0.05) is 23.2 Å². The van der Waals surface area contributed by atoms with Gasteiger partial charge in [0.05, 0.1) is 16.1 Å². The van der Waals surface area contributed by atoms with Crippen LogP contribution in [0.15, 0.2) is 12.1 Å². The summed E-state index contributed by atoms with van der Waals surface area (Å²) in [7, 11) is 1.70. The van der Waals surface area contributed by atoms with Crippen molar-refractivity contribution in [3.8, 4) is 5.75 Å². The van der Waals surface area contributed by atoms with Crippen molar-refractivity contribution in [1.82, 2.24) is 5.32 Å². The van der Waals surface area contributed by atoms with E-state index in [1.807, 2.05) is 26.0 Å². The van der Waals surface area contributed by atoms with E-state index in [0.717, 1.165) is 31.7 Å². The molecule has 0 unspecified atom stereocenters. The SMILES string of the molecule is COCCCNCc1cc(Cl)c(OC(C)C)c(Cl)c1. The van der Waals surface area contributed by atoms with Gasteiger partial charge in [-0.3, -0.25) is 0 Å². The molecule has 0 saturated heterocycles. The van der Waals surface area contributed by atoms with Gasteiger partial charge >= 0.3 is 0 Å². The Hall–Kier alpha value is -0.480. The third kappa shape index (κ3) is 6.00. The van der Waals surface area contributed by atoms with Gasteiger partial charge in [0.2, 0.25) is 0 Å². The van der Waals surface area contributed by atoms with Crippen molar-refractivity contribution in [3.05, 3.63) is 27.7 Å². The number of benzene rings is 1. The Bertz CT molecular complexity index is 374. The van der Waals surface area contributed by atoms with Gasteiger partial charge in [0, 0.05) is 20.3 Å². The van der Waals surface area contributed by atoms with Crippen molar-refractivity contribution < 1.29 is 9.47 Å². The van der Waals surface area contributed by atoms with Crippen LogP contribution < -0.4 is 10.1 Å². The highest BCUT2D eigenvalue weighted by Gasteiger charge is 2.11. The number of methoxy groups -OCH3 is 1. The highest BCUT2D eigenvalue weighted by Crippen LogP contribution is 2.34. The lowest BCUT2D eigenvalue weighted by Gasteiger charge is -2.14. The van der Waals surface area contributed by atoms with E-state index in [-0.39, 0.29) is 6.10 Å². The Morgan fingerprint density at radius 3 is 2.37 bits per heavy atom. The van der Waals surface area contributed by atoms with Crippen molar-refractivity contribution in [3.63, 3.8) is 0 Å². The van der Waals surface area contributed by atoms with E-state index in [9.17, 15) is 0 Å². The topological polar surface area (TPSA) is 30.5 Å². The summed E-state index contributed by atoms with van der Waals surface area (Å²) in [6.45, 7) is 6.27. The van der Waals surface area contributed by atoms with Gasteiger partial charge < -0.3 is 14.8 Å². The van der Waals surface area contributed by atoms with E-state index in [1.165, 1.54) is 0 Å². The van der Waals surface area contributed by atoms with Crippen LogP contribution in [0, 0.1) is 0 Å². The fraction of sp³-hybridized carbons (Fsp3) is 0.571. The maximum absolute atomic E-state index is 6.18. The lowest BCUT2D eigenvalue weighted by molar-refractivity contribution is 0.194. The van der Waals surface area contributed by atoms with E-state index in [0.29, 0.717) is 15.8 Å². The van der Waals surface area contributed by atoms with Crippen LogP contribution in [-0.4, -0.2) is 26.4 Å². The summed E-state index contributed by atoms with van der Waals surface area (Å²) in [6, 6.07) is 3.77. The summed E-state index contributed by atoms with van der Waals surface area (Å²) in [6.07, 6.45) is 1.03. The van der Waals surface area contributed by atoms with Crippen molar-refractivity contribution in [2.75, 3.05) is 20.3 Å². The zero-order valence-corrected chi connectivity index (χ0v) is 13.1. The minimum absolute atomic E-state index is 0.0491. The lowest BCUT2D eigenvalue weighted by Crippen LogP contribution is -2.16. The van der Waals surface area contributed by atoms with Crippen LogP contribution in [0.25, 0.3) is 0 Å². The quantitative estimate of drug-likeness (QED) is 0.739. The maximum atomic E-state index is 6.18. The molecular formula is C14H21Cl2NO2. The summed E-state index contributed by atoms with van der Waals surface area (Å²) < 4.78 is 10.6. The number of ether oxygens (including phenoxy) is 2. The first kappa shape index (κ1) is 16.6. The second-order valence-corrected chi connectivity index (χ2v) is 5.39. The molecule has 0 heterocycles. The second kappa shape index (κ2) is 8.64. The molecule has 0 aliphatic rings. The Kier molecular flexibility index (Phi) is 7.54. The Balaban J connectivity index is 2.57.